The molecule has 0 saturated heterocycles. The molecule has 0 saturated carbocycles. The molecule has 2 heteroatoms. The molecule has 0 spiro atoms. The van der Waals surface area contributed by atoms with Gasteiger partial charge in [-0.15, -0.1) is 0 Å². The average molecular weight is 87.1 g/mol. The van der Waals surface area contributed by atoms with Crippen LogP contribution in [0.25, 0.3) is 0 Å². The van der Waals surface area contributed by atoms with Crippen LogP contribution in [0.1, 0.15) is 6.42 Å². The lowest BCUT2D eigenvalue weighted by molar-refractivity contribution is -0.578. The molecule has 1 aliphatic rings. The van der Waals surface area contributed by atoms with E-state index in [0.717, 1.165) is 0 Å². The number of nitrogens with two attached hydrogens (primary N) is 1. The van der Waals surface area contributed by atoms with Crippen LogP contribution in [-0.2, 0) is 0 Å². The van der Waals surface area contributed by atoms with E-state index in [9.17, 15) is 0 Å². The maximum Gasteiger partial charge on any atom is 0.0887 e. The molecule has 0 bridgehead atoms. The second-order valence-corrected chi connectivity index (χ2v) is 1.24. The minimum absolute atomic E-state index is 0. The topological polar surface area (TPSA) is 46.6 Å². The first-order valence-corrected chi connectivity index (χ1v) is 1.98. The summed E-state index contributed by atoms with van der Waals surface area (Å²) in [6.45, 7) is 1.26. The SMILES string of the molecule is C1=C[NH2+]CC1.[OH-]. The quantitative estimate of drug-likeness (QED) is 0.417. The first kappa shape index (κ1) is 5.66. The average Bonchev–Trinajstić information content (AvgIpc) is 1.76. The normalized spacial score (nSPS) is 17.3. The van der Waals surface area contributed by atoms with Gasteiger partial charge in [-0.3, -0.25) is 0 Å². The highest BCUT2D eigenvalue weighted by Crippen LogP contribution is 1.75. The summed E-state index contributed by atoms with van der Waals surface area (Å²) in [6.07, 6.45) is 5.56. The smallest absolute Gasteiger partial charge is 0.0887 e. The molecule has 3 N–H and O–H groups in total. The summed E-state index contributed by atoms with van der Waals surface area (Å²) in [5.74, 6) is 0. The third-order valence-corrected chi connectivity index (χ3v) is 0.772. The molecule has 1 heterocycles. The van der Waals surface area contributed by atoms with Gasteiger partial charge < -0.3 is 10.8 Å². The Morgan fingerprint density at radius 2 is 2.33 bits per heavy atom. The van der Waals surface area contributed by atoms with Crippen LogP contribution in [0.5, 0.6) is 0 Å². The van der Waals surface area contributed by atoms with Crippen LogP contribution < -0.4 is 5.32 Å². The van der Waals surface area contributed by atoms with Crippen molar-refractivity contribution in [1.29, 1.82) is 0 Å². The lowest BCUT2D eigenvalue weighted by Gasteiger charge is -1.71. The van der Waals surface area contributed by atoms with Crippen LogP contribution in [-0.4, -0.2) is 12.0 Å². The third kappa shape index (κ3) is 1.19. The van der Waals surface area contributed by atoms with Crippen molar-refractivity contribution in [3.05, 3.63) is 12.3 Å². The standard InChI is InChI=1S/C4H7N.H2O/c1-2-4-5-3-1;/h1,3,5H,2,4H2;1H2. The molecule has 36 valence electrons. The zero-order valence-corrected chi connectivity index (χ0v) is 3.59. The Labute approximate surface area is 37.2 Å². The van der Waals surface area contributed by atoms with E-state index in [1.807, 2.05) is 0 Å². The highest BCUT2D eigenvalue weighted by molar-refractivity contribution is 4.74. The zero-order valence-electron chi connectivity index (χ0n) is 3.59. The van der Waals surface area contributed by atoms with E-state index in [4.69, 9.17) is 0 Å². The molecule has 0 aromatic heterocycles. The fraction of sp³-hybridized carbons (Fsp3) is 0.500. The summed E-state index contributed by atoms with van der Waals surface area (Å²) in [4.78, 5) is 0. The van der Waals surface area contributed by atoms with Crippen molar-refractivity contribution in [2.45, 2.75) is 6.42 Å². The van der Waals surface area contributed by atoms with Gasteiger partial charge >= 0.3 is 0 Å². The molecule has 0 atom stereocenters. The number of hydrogen-bond acceptors (Lipinski definition) is 1. The van der Waals surface area contributed by atoms with Gasteiger partial charge in [0.2, 0.25) is 0 Å². The van der Waals surface area contributed by atoms with Crippen molar-refractivity contribution in [2.75, 3.05) is 6.54 Å². The molecule has 1 rings (SSSR count). The van der Waals surface area contributed by atoms with Crippen molar-refractivity contribution >= 4 is 0 Å². The molecule has 0 aromatic rings. The molecule has 0 radical (unpaired) electrons. The second kappa shape index (κ2) is 2.87. The Hall–Kier alpha value is -0.340. The Kier molecular flexibility index (Phi) is 2.71. The summed E-state index contributed by atoms with van der Waals surface area (Å²) >= 11 is 0. The minimum atomic E-state index is 0. The van der Waals surface area contributed by atoms with Crippen molar-refractivity contribution in [3.8, 4) is 0 Å². The van der Waals surface area contributed by atoms with Crippen LogP contribution in [0.2, 0.25) is 0 Å². The van der Waals surface area contributed by atoms with Crippen molar-refractivity contribution in [3.63, 3.8) is 0 Å². The number of rotatable bonds is 0. The van der Waals surface area contributed by atoms with Gasteiger partial charge in [-0.05, 0) is 6.08 Å². The molecule has 6 heavy (non-hydrogen) atoms. The van der Waals surface area contributed by atoms with Gasteiger partial charge in [-0.1, -0.05) is 0 Å². The molecule has 0 aromatic carbocycles. The summed E-state index contributed by atoms with van der Waals surface area (Å²) in [5, 5.41) is 2.18. The predicted octanol–water partition coefficient (Wildman–Crippen LogP) is -0.710. The third-order valence-electron chi connectivity index (χ3n) is 0.772. The van der Waals surface area contributed by atoms with E-state index in [0.29, 0.717) is 0 Å². The highest BCUT2D eigenvalue weighted by Gasteiger charge is 1.87. The highest BCUT2D eigenvalue weighted by atomic mass is 16.0. The van der Waals surface area contributed by atoms with Gasteiger partial charge in [0.05, 0.1) is 12.7 Å². The Bertz CT molecular complexity index is 45.5. The van der Waals surface area contributed by atoms with E-state index < -0.39 is 0 Å². The molecule has 0 aliphatic carbocycles. The zero-order chi connectivity index (χ0) is 3.54. The first-order valence-electron chi connectivity index (χ1n) is 1.98. The van der Waals surface area contributed by atoms with Crippen molar-refractivity contribution in [2.24, 2.45) is 0 Å². The van der Waals surface area contributed by atoms with E-state index in [2.05, 4.69) is 17.6 Å². The monoisotopic (exact) mass is 87.1 g/mol. The Morgan fingerprint density at radius 3 is 2.50 bits per heavy atom. The van der Waals surface area contributed by atoms with Crippen LogP contribution in [0.15, 0.2) is 12.3 Å². The van der Waals surface area contributed by atoms with Crippen molar-refractivity contribution < 1.29 is 10.8 Å². The maximum atomic E-state index is 2.18. The van der Waals surface area contributed by atoms with Gasteiger partial charge in [0.1, 0.15) is 0 Å². The minimum Gasteiger partial charge on any atom is -0.870 e. The molecular weight excluding hydrogens is 78.0 g/mol. The largest absolute Gasteiger partial charge is 0.870 e. The Balaban J connectivity index is 0.000000250. The van der Waals surface area contributed by atoms with E-state index in [-0.39, 0.29) is 5.48 Å². The maximum absolute atomic E-state index is 2.18. The molecular formula is C4H9NO. The summed E-state index contributed by atoms with van der Waals surface area (Å²) in [7, 11) is 0. The van der Waals surface area contributed by atoms with Gasteiger partial charge in [0.15, 0.2) is 0 Å². The molecule has 0 fully saturated rings. The van der Waals surface area contributed by atoms with E-state index >= 15 is 0 Å². The van der Waals surface area contributed by atoms with Gasteiger partial charge in [-0.25, -0.2) is 0 Å². The fourth-order valence-electron chi connectivity index (χ4n) is 0.481. The fourth-order valence-corrected chi connectivity index (χ4v) is 0.481. The molecule has 1 aliphatic heterocycles. The molecule has 0 unspecified atom stereocenters. The summed E-state index contributed by atoms with van der Waals surface area (Å²) < 4.78 is 0. The van der Waals surface area contributed by atoms with E-state index in [1.54, 1.807) is 0 Å². The van der Waals surface area contributed by atoms with Crippen molar-refractivity contribution in [1.82, 2.24) is 0 Å². The first-order chi connectivity index (χ1) is 2.50. The van der Waals surface area contributed by atoms with Crippen LogP contribution >= 0.6 is 0 Å². The van der Waals surface area contributed by atoms with Gasteiger partial charge in [0.25, 0.3) is 0 Å². The molecule has 2 nitrogen and oxygen atoms in total. The molecule has 0 amide bonds. The van der Waals surface area contributed by atoms with Gasteiger partial charge in [0, 0.05) is 6.42 Å². The lowest BCUT2D eigenvalue weighted by atomic mass is 10.5. The predicted molar refractivity (Wildman–Crippen MR) is 22.5 cm³/mol. The summed E-state index contributed by atoms with van der Waals surface area (Å²) in [5.41, 5.74) is 0. The van der Waals surface area contributed by atoms with Gasteiger partial charge in [-0.2, -0.15) is 0 Å². The lowest BCUT2D eigenvalue weighted by Crippen LogP contribution is -2.75. The second-order valence-electron chi connectivity index (χ2n) is 1.24. The number of hydrogen-bond donors (Lipinski definition) is 1. The van der Waals surface area contributed by atoms with E-state index in [1.165, 1.54) is 13.0 Å². The summed E-state index contributed by atoms with van der Waals surface area (Å²) in [6, 6.07) is 0. The Morgan fingerprint density at radius 1 is 1.50 bits per heavy atom. The van der Waals surface area contributed by atoms with Crippen LogP contribution in [0.3, 0.4) is 0 Å². The van der Waals surface area contributed by atoms with Crippen LogP contribution in [0.4, 0.5) is 0 Å². The number of quaternary nitrogens is 1. The van der Waals surface area contributed by atoms with Crippen LogP contribution in [0, 0.1) is 0 Å².